The molecule has 0 radical (unpaired) electrons. The molecule has 7 nitrogen and oxygen atoms in total. The van der Waals surface area contributed by atoms with E-state index in [1.54, 1.807) is 55.5 Å². The van der Waals surface area contributed by atoms with Gasteiger partial charge in [-0.25, -0.2) is 9.82 Å². The number of hydrogen-bond acceptors (Lipinski definition) is 5. The van der Waals surface area contributed by atoms with Crippen LogP contribution in [0, 0.1) is 12.7 Å². The number of aryl methyl sites for hydroxylation is 1. The lowest BCUT2D eigenvalue weighted by molar-refractivity contribution is -0.136. The lowest BCUT2D eigenvalue weighted by atomic mass is 10.1. The highest BCUT2D eigenvalue weighted by Gasteiger charge is 2.14. The van der Waals surface area contributed by atoms with Gasteiger partial charge in [-0.1, -0.05) is 29.8 Å². The van der Waals surface area contributed by atoms with Crippen molar-refractivity contribution in [2.75, 3.05) is 12.4 Å². The molecular weight excluding hydrogens is 461 g/mol. The zero-order valence-corrected chi connectivity index (χ0v) is 19.6. The lowest BCUT2D eigenvalue weighted by Gasteiger charge is -2.12. The van der Waals surface area contributed by atoms with Gasteiger partial charge in [0.1, 0.15) is 12.4 Å². The molecule has 0 saturated carbocycles. The fraction of sp³-hybridized carbons (Fsp3) is 0.160. The monoisotopic (exact) mass is 483 g/mol. The predicted molar refractivity (Wildman–Crippen MR) is 129 cm³/mol. The maximum atomic E-state index is 13.0. The highest BCUT2D eigenvalue weighted by molar-refractivity contribution is 6.40. The Hall–Kier alpha value is -3.91. The Balaban J connectivity index is 1.62. The third-order valence-corrected chi connectivity index (χ3v) is 5.26. The van der Waals surface area contributed by atoms with Crippen molar-refractivity contribution in [1.82, 2.24) is 5.43 Å². The van der Waals surface area contributed by atoms with Crippen molar-refractivity contribution in [3.63, 3.8) is 0 Å². The number of nitrogens with one attached hydrogen (secondary N) is 2. The lowest BCUT2D eigenvalue weighted by Crippen LogP contribution is -2.32. The van der Waals surface area contributed by atoms with Crippen LogP contribution in [0.1, 0.15) is 23.6 Å². The summed E-state index contributed by atoms with van der Waals surface area (Å²) in [5, 5.41) is 6.94. The van der Waals surface area contributed by atoms with Gasteiger partial charge in [0, 0.05) is 16.3 Å². The van der Waals surface area contributed by atoms with E-state index >= 15 is 0 Å². The minimum Gasteiger partial charge on any atom is -0.493 e. The SMILES string of the molecule is COc1cc(/C(C)=N/NC(=O)C(=O)Nc2ccc(C)c(Cl)c2)ccc1OCc1ccc(F)cc1. The number of benzene rings is 3. The van der Waals surface area contributed by atoms with Crippen LogP contribution in [0.3, 0.4) is 0 Å². The zero-order chi connectivity index (χ0) is 24.7. The average molecular weight is 484 g/mol. The van der Waals surface area contributed by atoms with Crippen molar-refractivity contribution >= 4 is 34.8 Å². The van der Waals surface area contributed by atoms with E-state index in [4.69, 9.17) is 21.1 Å². The molecule has 3 aromatic carbocycles. The Morgan fingerprint density at radius 2 is 1.74 bits per heavy atom. The molecule has 3 rings (SSSR count). The second-order valence-electron chi connectivity index (χ2n) is 7.34. The fourth-order valence-corrected chi connectivity index (χ4v) is 3.04. The van der Waals surface area contributed by atoms with Gasteiger partial charge in [-0.15, -0.1) is 0 Å². The van der Waals surface area contributed by atoms with Gasteiger partial charge < -0.3 is 14.8 Å². The highest BCUT2D eigenvalue weighted by Crippen LogP contribution is 2.29. The van der Waals surface area contributed by atoms with Crippen molar-refractivity contribution in [3.8, 4) is 11.5 Å². The van der Waals surface area contributed by atoms with Crippen LogP contribution in [0.2, 0.25) is 5.02 Å². The second-order valence-corrected chi connectivity index (χ2v) is 7.74. The molecule has 0 saturated heterocycles. The summed E-state index contributed by atoms with van der Waals surface area (Å²) >= 11 is 6.03. The van der Waals surface area contributed by atoms with E-state index in [2.05, 4.69) is 15.8 Å². The molecule has 0 bridgehead atoms. The summed E-state index contributed by atoms with van der Waals surface area (Å²) in [6.07, 6.45) is 0. The predicted octanol–water partition coefficient (Wildman–Crippen LogP) is 4.85. The van der Waals surface area contributed by atoms with E-state index in [1.165, 1.54) is 19.2 Å². The molecule has 2 amide bonds. The minimum atomic E-state index is -0.928. The Bertz CT molecular complexity index is 1230. The number of carbonyl (C=O) groups excluding carboxylic acids is 2. The Kier molecular flexibility index (Phi) is 8.21. The molecule has 9 heteroatoms. The van der Waals surface area contributed by atoms with E-state index in [0.717, 1.165) is 11.1 Å². The maximum absolute atomic E-state index is 13.0. The van der Waals surface area contributed by atoms with E-state index in [0.29, 0.717) is 33.5 Å². The maximum Gasteiger partial charge on any atom is 0.329 e. The molecule has 0 heterocycles. The Morgan fingerprint density at radius 3 is 2.41 bits per heavy atom. The number of hydrogen-bond donors (Lipinski definition) is 2. The van der Waals surface area contributed by atoms with Crippen molar-refractivity contribution in [1.29, 1.82) is 0 Å². The molecule has 0 aliphatic carbocycles. The number of rotatable bonds is 7. The average Bonchev–Trinajstić information content (AvgIpc) is 2.84. The summed E-state index contributed by atoms with van der Waals surface area (Å²) < 4.78 is 24.2. The molecule has 34 heavy (non-hydrogen) atoms. The van der Waals surface area contributed by atoms with Crippen LogP contribution in [0.5, 0.6) is 11.5 Å². The number of methoxy groups -OCH3 is 1. The second kappa shape index (κ2) is 11.3. The van der Waals surface area contributed by atoms with Crippen LogP contribution < -0.4 is 20.2 Å². The normalized spacial score (nSPS) is 11.0. The Labute approximate surface area is 201 Å². The van der Waals surface area contributed by atoms with Crippen LogP contribution in [0.4, 0.5) is 10.1 Å². The molecule has 0 unspecified atom stereocenters. The third-order valence-electron chi connectivity index (χ3n) is 4.85. The van der Waals surface area contributed by atoms with E-state index in [1.807, 2.05) is 6.92 Å². The van der Waals surface area contributed by atoms with E-state index in [-0.39, 0.29) is 12.4 Å². The fourth-order valence-electron chi connectivity index (χ4n) is 2.86. The molecule has 0 aromatic heterocycles. The molecule has 0 atom stereocenters. The number of amides is 2. The quantitative estimate of drug-likeness (QED) is 0.285. The van der Waals surface area contributed by atoms with E-state index < -0.39 is 11.8 Å². The first-order valence-corrected chi connectivity index (χ1v) is 10.6. The molecular formula is C25H23ClFN3O4. The third kappa shape index (κ3) is 6.55. The van der Waals surface area contributed by atoms with Gasteiger partial charge in [0.25, 0.3) is 0 Å². The molecule has 0 fully saturated rings. The molecule has 3 aromatic rings. The van der Waals surface area contributed by atoms with Gasteiger partial charge in [-0.3, -0.25) is 9.59 Å². The zero-order valence-electron chi connectivity index (χ0n) is 18.8. The van der Waals surface area contributed by atoms with Crippen molar-refractivity contribution in [2.24, 2.45) is 5.10 Å². The van der Waals surface area contributed by atoms with Crippen LogP contribution in [-0.2, 0) is 16.2 Å². The number of hydrazone groups is 1. The molecule has 2 N–H and O–H groups in total. The van der Waals surface area contributed by atoms with Crippen LogP contribution >= 0.6 is 11.6 Å². The van der Waals surface area contributed by atoms with Crippen LogP contribution in [-0.4, -0.2) is 24.6 Å². The van der Waals surface area contributed by atoms with E-state index in [9.17, 15) is 14.0 Å². The summed E-state index contributed by atoms with van der Waals surface area (Å²) in [5.74, 6) is -1.18. The number of nitrogens with zero attached hydrogens (tertiary/aromatic N) is 1. The molecule has 0 spiro atoms. The summed E-state index contributed by atoms with van der Waals surface area (Å²) in [5.41, 5.74) is 5.39. The summed E-state index contributed by atoms with van der Waals surface area (Å²) in [6.45, 7) is 3.74. The topological polar surface area (TPSA) is 89.0 Å². The van der Waals surface area contributed by atoms with Crippen LogP contribution in [0.25, 0.3) is 0 Å². The van der Waals surface area contributed by atoms with Crippen molar-refractivity contribution in [3.05, 3.63) is 88.2 Å². The van der Waals surface area contributed by atoms with Gasteiger partial charge >= 0.3 is 11.8 Å². The van der Waals surface area contributed by atoms with Gasteiger partial charge in [0.05, 0.1) is 12.8 Å². The highest BCUT2D eigenvalue weighted by atomic mass is 35.5. The van der Waals surface area contributed by atoms with Gasteiger partial charge in [0.2, 0.25) is 0 Å². The first kappa shape index (κ1) is 24.7. The van der Waals surface area contributed by atoms with Crippen molar-refractivity contribution in [2.45, 2.75) is 20.5 Å². The number of ether oxygens (including phenoxy) is 2. The summed E-state index contributed by atoms with van der Waals surface area (Å²) in [4.78, 5) is 24.2. The summed E-state index contributed by atoms with van der Waals surface area (Å²) in [6, 6.07) is 16.1. The van der Waals surface area contributed by atoms with Gasteiger partial charge in [-0.05, 0) is 67.4 Å². The first-order chi connectivity index (χ1) is 16.3. The summed E-state index contributed by atoms with van der Waals surface area (Å²) in [7, 11) is 1.50. The molecule has 176 valence electrons. The van der Waals surface area contributed by atoms with Gasteiger partial charge in [-0.2, -0.15) is 5.10 Å². The minimum absolute atomic E-state index is 0.237. The largest absolute Gasteiger partial charge is 0.493 e. The standard InChI is InChI=1S/C25H23ClFN3O4/c1-15-4-10-20(13-21(15)26)28-24(31)25(32)30-29-16(2)18-7-11-22(23(12-18)33-3)34-14-17-5-8-19(27)9-6-17/h4-13H,14H2,1-3H3,(H,28,31)(H,30,32)/b29-16+. The van der Waals surface area contributed by atoms with Gasteiger partial charge in [0.15, 0.2) is 11.5 Å². The van der Waals surface area contributed by atoms with Crippen LogP contribution in [0.15, 0.2) is 65.8 Å². The van der Waals surface area contributed by atoms with Crippen molar-refractivity contribution < 1.29 is 23.5 Å². The Morgan fingerprint density at radius 1 is 1.00 bits per heavy atom. The smallest absolute Gasteiger partial charge is 0.329 e. The number of anilines is 1. The molecule has 0 aliphatic heterocycles. The molecule has 0 aliphatic rings. The first-order valence-electron chi connectivity index (χ1n) is 10.2. The number of carbonyl (C=O) groups is 2. The number of halogens is 2.